The minimum atomic E-state index is 0.197. The van der Waals surface area contributed by atoms with Crippen molar-refractivity contribution < 1.29 is 4.79 Å². The van der Waals surface area contributed by atoms with Crippen molar-refractivity contribution in [1.29, 1.82) is 0 Å². The molecule has 0 saturated carbocycles. The summed E-state index contributed by atoms with van der Waals surface area (Å²) in [5.41, 5.74) is 0. The van der Waals surface area contributed by atoms with Gasteiger partial charge in [-0.2, -0.15) is 0 Å². The van der Waals surface area contributed by atoms with Crippen molar-refractivity contribution in [2.75, 3.05) is 20.1 Å². The van der Waals surface area contributed by atoms with Crippen LogP contribution in [0.25, 0.3) is 0 Å². The van der Waals surface area contributed by atoms with Crippen LogP contribution >= 0.6 is 0 Å². The van der Waals surface area contributed by atoms with Gasteiger partial charge in [-0.05, 0) is 20.9 Å². The predicted molar refractivity (Wildman–Crippen MR) is 48.9 cm³/mol. The SMILES string of the molecule is CC(=O)N1[C@H](C)CN(C)C[C@@H]1C. The van der Waals surface area contributed by atoms with Gasteiger partial charge in [0.1, 0.15) is 0 Å². The van der Waals surface area contributed by atoms with Gasteiger partial charge in [-0.3, -0.25) is 4.79 Å². The van der Waals surface area contributed by atoms with Crippen LogP contribution in [0.15, 0.2) is 0 Å². The fraction of sp³-hybridized carbons (Fsp3) is 0.889. The van der Waals surface area contributed by atoms with Crippen LogP contribution in [0.3, 0.4) is 0 Å². The van der Waals surface area contributed by atoms with Crippen LogP contribution in [-0.2, 0) is 4.79 Å². The van der Waals surface area contributed by atoms with Gasteiger partial charge in [0, 0.05) is 32.1 Å². The zero-order valence-corrected chi connectivity index (χ0v) is 8.37. The van der Waals surface area contributed by atoms with Crippen LogP contribution < -0.4 is 0 Å². The van der Waals surface area contributed by atoms with Gasteiger partial charge in [-0.1, -0.05) is 0 Å². The third kappa shape index (κ3) is 1.78. The lowest BCUT2D eigenvalue weighted by Gasteiger charge is -2.42. The first kappa shape index (κ1) is 9.52. The van der Waals surface area contributed by atoms with Crippen LogP contribution in [0.4, 0.5) is 0 Å². The average molecular weight is 170 g/mol. The summed E-state index contributed by atoms with van der Waals surface area (Å²) in [6.45, 7) is 7.84. The Morgan fingerprint density at radius 1 is 1.25 bits per heavy atom. The molecular formula is C9H18N2O. The minimum Gasteiger partial charge on any atom is -0.335 e. The Morgan fingerprint density at radius 3 is 2.00 bits per heavy atom. The molecule has 0 N–H and O–H groups in total. The van der Waals surface area contributed by atoms with Gasteiger partial charge >= 0.3 is 0 Å². The molecule has 70 valence electrons. The first-order chi connectivity index (χ1) is 5.52. The molecule has 1 amide bonds. The lowest BCUT2D eigenvalue weighted by molar-refractivity contribution is -0.136. The van der Waals surface area contributed by atoms with E-state index in [1.165, 1.54) is 0 Å². The second-order valence-electron chi connectivity index (χ2n) is 3.85. The number of hydrogen-bond acceptors (Lipinski definition) is 2. The van der Waals surface area contributed by atoms with Crippen LogP contribution in [0.2, 0.25) is 0 Å². The van der Waals surface area contributed by atoms with Crippen LogP contribution in [0.5, 0.6) is 0 Å². The van der Waals surface area contributed by atoms with E-state index in [1.54, 1.807) is 6.92 Å². The zero-order chi connectivity index (χ0) is 9.30. The van der Waals surface area contributed by atoms with E-state index in [4.69, 9.17) is 0 Å². The molecule has 1 rings (SSSR count). The molecule has 1 fully saturated rings. The second-order valence-corrected chi connectivity index (χ2v) is 3.85. The van der Waals surface area contributed by atoms with Crippen LogP contribution in [0, 0.1) is 0 Å². The molecule has 1 aliphatic rings. The molecule has 1 heterocycles. The highest BCUT2D eigenvalue weighted by molar-refractivity contribution is 5.74. The fourth-order valence-corrected chi connectivity index (χ4v) is 2.21. The van der Waals surface area contributed by atoms with Gasteiger partial charge in [-0.25, -0.2) is 0 Å². The van der Waals surface area contributed by atoms with Crippen molar-refractivity contribution in [3.05, 3.63) is 0 Å². The summed E-state index contributed by atoms with van der Waals surface area (Å²) in [4.78, 5) is 15.5. The topological polar surface area (TPSA) is 23.6 Å². The van der Waals surface area contributed by atoms with Gasteiger partial charge < -0.3 is 9.80 Å². The van der Waals surface area contributed by atoms with Crippen LogP contribution in [0.1, 0.15) is 20.8 Å². The maximum atomic E-state index is 11.2. The van der Waals surface area contributed by atoms with Gasteiger partial charge in [0.25, 0.3) is 0 Å². The van der Waals surface area contributed by atoms with E-state index in [0.29, 0.717) is 12.1 Å². The summed E-state index contributed by atoms with van der Waals surface area (Å²) in [6, 6.07) is 0.715. The molecule has 0 aromatic rings. The van der Waals surface area contributed by atoms with E-state index in [-0.39, 0.29) is 5.91 Å². The highest BCUT2D eigenvalue weighted by Crippen LogP contribution is 2.13. The maximum Gasteiger partial charge on any atom is 0.220 e. The van der Waals surface area contributed by atoms with Crippen molar-refractivity contribution >= 4 is 5.91 Å². The lowest BCUT2D eigenvalue weighted by atomic mass is 10.1. The summed E-state index contributed by atoms with van der Waals surface area (Å²) < 4.78 is 0. The van der Waals surface area contributed by atoms with Crippen molar-refractivity contribution in [3.63, 3.8) is 0 Å². The van der Waals surface area contributed by atoms with Crippen molar-refractivity contribution in [2.45, 2.75) is 32.9 Å². The Balaban J connectivity index is 2.66. The normalized spacial score (nSPS) is 32.2. The molecule has 1 saturated heterocycles. The molecule has 3 heteroatoms. The molecule has 0 unspecified atom stereocenters. The van der Waals surface area contributed by atoms with Crippen molar-refractivity contribution in [3.8, 4) is 0 Å². The molecule has 0 radical (unpaired) electrons. The standard InChI is InChI=1S/C9H18N2O/c1-7-5-10(4)6-8(2)11(7)9(3)12/h7-8H,5-6H2,1-4H3/t7-,8+. The lowest BCUT2D eigenvalue weighted by Crippen LogP contribution is -2.56. The Morgan fingerprint density at radius 2 is 1.67 bits per heavy atom. The number of piperazine rings is 1. The number of hydrogen-bond donors (Lipinski definition) is 0. The zero-order valence-electron chi connectivity index (χ0n) is 8.37. The molecule has 3 nitrogen and oxygen atoms in total. The number of likely N-dealkylation sites (N-methyl/N-ethyl adjacent to an activating group) is 1. The molecule has 0 bridgehead atoms. The van der Waals surface area contributed by atoms with Crippen LogP contribution in [-0.4, -0.2) is 47.9 Å². The summed E-state index contributed by atoms with van der Waals surface area (Å²) in [5, 5.41) is 0. The van der Waals surface area contributed by atoms with E-state index in [1.807, 2.05) is 4.90 Å². The monoisotopic (exact) mass is 170 g/mol. The number of carbonyl (C=O) groups excluding carboxylic acids is 1. The second kappa shape index (κ2) is 3.44. The largest absolute Gasteiger partial charge is 0.335 e. The van der Waals surface area contributed by atoms with Crippen molar-refractivity contribution in [1.82, 2.24) is 9.80 Å². The van der Waals surface area contributed by atoms with Gasteiger partial charge in [0.2, 0.25) is 5.91 Å². The molecule has 12 heavy (non-hydrogen) atoms. The third-order valence-electron chi connectivity index (χ3n) is 2.47. The molecule has 0 aliphatic carbocycles. The third-order valence-corrected chi connectivity index (χ3v) is 2.47. The Labute approximate surface area is 74.3 Å². The summed E-state index contributed by atoms with van der Waals surface area (Å²) in [5.74, 6) is 0.197. The van der Waals surface area contributed by atoms with E-state index in [2.05, 4.69) is 25.8 Å². The Hall–Kier alpha value is -0.570. The summed E-state index contributed by atoms with van der Waals surface area (Å²) in [7, 11) is 2.10. The maximum absolute atomic E-state index is 11.2. The predicted octanol–water partition coefficient (Wildman–Crippen LogP) is 0.557. The Bertz CT molecular complexity index is 169. The van der Waals surface area contributed by atoms with Gasteiger partial charge in [0.15, 0.2) is 0 Å². The summed E-state index contributed by atoms with van der Waals surface area (Å²) >= 11 is 0. The number of nitrogens with zero attached hydrogens (tertiary/aromatic N) is 2. The molecule has 0 aromatic carbocycles. The Kier molecular flexibility index (Phi) is 2.73. The van der Waals surface area contributed by atoms with Gasteiger partial charge in [-0.15, -0.1) is 0 Å². The van der Waals surface area contributed by atoms with Crippen molar-refractivity contribution in [2.24, 2.45) is 0 Å². The number of carbonyl (C=O) groups is 1. The first-order valence-electron chi connectivity index (χ1n) is 4.49. The van der Waals surface area contributed by atoms with Gasteiger partial charge in [0.05, 0.1) is 0 Å². The quantitative estimate of drug-likeness (QED) is 0.530. The number of rotatable bonds is 0. The molecule has 1 aliphatic heterocycles. The molecule has 0 aromatic heterocycles. The fourth-order valence-electron chi connectivity index (χ4n) is 2.21. The highest BCUT2D eigenvalue weighted by Gasteiger charge is 2.28. The van der Waals surface area contributed by atoms with E-state index < -0.39 is 0 Å². The van der Waals surface area contributed by atoms with E-state index >= 15 is 0 Å². The number of amides is 1. The smallest absolute Gasteiger partial charge is 0.220 e. The minimum absolute atomic E-state index is 0.197. The average Bonchev–Trinajstić information content (AvgIpc) is 1.82. The van der Waals surface area contributed by atoms with E-state index in [0.717, 1.165) is 13.1 Å². The first-order valence-corrected chi connectivity index (χ1v) is 4.49. The summed E-state index contributed by atoms with van der Waals surface area (Å²) in [6.07, 6.45) is 0. The molecular weight excluding hydrogens is 152 g/mol. The highest BCUT2D eigenvalue weighted by atomic mass is 16.2. The van der Waals surface area contributed by atoms with E-state index in [9.17, 15) is 4.79 Å². The molecule has 2 atom stereocenters. The molecule has 0 spiro atoms.